The Bertz CT molecular complexity index is 557. The standard InChI is InChI=1S/C14H14I2O2Si/c1-17-19(18-2,12-6-4-3-5-7-12)14-10-11(15)8-9-13(14)16/h3-10H,1-2H3. The zero-order chi connectivity index (χ0) is 13.9. The van der Waals surface area contributed by atoms with Gasteiger partial charge in [-0.05, 0) is 68.6 Å². The van der Waals surface area contributed by atoms with Crippen LogP contribution in [0.2, 0.25) is 0 Å². The first kappa shape index (κ1) is 15.4. The van der Waals surface area contributed by atoms with Crippen molar-refractivity contribution in [2.24, 2.45) is 0 Å². The van der Waals surface area contributed by atoms with Crippen molar-refractivity contribution in [1.29, 1.82) is 0 Å². The SMILES string of the molecule is CO[Si](OC)(c1ccccc1)c1cc(I)ccc1I. The first-order chi connectivity index (χ1) is 9.14. The number of rotatable bonds is 4. The molecule has 0 fully saturated rings. The highest BCUT2D eigenvalue weighted by Gasteiger charge is 2.42. The molecular formula is C14H14I2O2Si. The quantitative estimate of drug-likeness (QED) is 0.479. The van der Waals surface area contributed by atoms with E-state index in [0.717, 1.165) is 10.4 Å². The van der Waals surface area contributed by atoms with E-state index in [0.29, 0.717) is 0 Å². The minimum absolute atomic E-state index is 1.12. The van der Waals surface area contributed by atoms with E-state index >= 15 is 0 Å². The summed E-state index contributed by atoms with van der Waals surface area (Å²) >= 11 is 4.67. The highest BCUT2D eigenvalue weighted by Crippen LogP contribution is 2.15. The summed E-state index contributed by atoms with van der Waals surface area (Å²) in [6.45, 7) is 0. The average Bonchev–Trinajstić information content (AvgIpc) is 2.46. The van der Waals surface area contributed by atoms with E-state index in [9.17, 15) is 0 Å². The number of hydrogen-bond acceptors (Lipinski definition) is 2. The molecule has 0 radical (unpaired) electrons. The van der Waals surface area contributed by atoms with Gasteiger partial charge in [0.1, 0.15) is 0 Å². The summed E-state index contributed by atoms with van der Waals surface area (Å²) < 4.78 is 14.2. The van der Waals surface area contributed by atoms with Crippen LogP contribution in [0.3, 0.4) is 0 Å². The summed E-state index contributed by atoms with van der Waals surface area (Å²) in [5.41, 5.74) is 0. The second-order valence-electron chi connectivity index (χ2n) is 4.02. The predicted octanol–water partition coefficient (Wildman–Crippen LogP) is 2.75. The van der Waals surface area contributed by atoms with Gasteiger partial charge in [-0.15, -0.1) is 0 Å². The zero-order valence-corrected chi connectivity index (χ0v) is 16.0. The minimum atomic E-state index is -2.58. The Kier molecular flexibility index (Phi) is 5.41. The normalized spacial score (nSPS) is 11.6. The molecule has 2 aromatic carbocycles. The van der Waals surface area contributed by atoms with E-state index < -0.39 is 8.56 Å². The van der Waals surface area contributed by atoms with Crippen molar-refractivity contribution >= 4 is 64.1 Å². The first-order valence-corrected chi connectivity index (χ1v) is 9.73. The number of hydrogen-bond donors (Lipinski definition) is 0. The van der Waals surface area contributed by atoms with Crippen molar-refractivity contribution in [3.63, 3.8) is 0 Å². The lowest BCUT2D eigenvalue weighted by Gasteiger charge is -2.29. The van der Waals surface area contributed by atoms with Crippen LogP contribution < -0.4 is 10.4 Å². The van der Waals surface area contributed by atoms with E-state index in [1.807, 2.05) is 18.2 Å². The van der Waals surface area contributed by atoms with Crippen LogP contribution in [-0.2, 0) is 8.85 Å². The smallest absolute Gasteiger partial charge is 0.391 e. The van der Waals surface area contributed by atoms with Gasteiger partial charge in [-0.2, -0.15) is 0 Å². The molecule has 0 saturated carbocycles. The molecule has 2 nitrogen and oxygen atoms in total. The van der Waals surface area contributed by atoms with Crippen molar-refractivity contribution in [1.82, 2.24) is 0 Å². The monoisotopic (exact) mass is 496 g/mol. The largest absolute Gasteiger partial charge is 0.407 e. The van der Waals surface area contributed by atoms with E-state index in [1.54, 1.807) is 14.2 Å². The van der Waals surface area contributed by atoms with Crippen molar-refractivity contribution in [2.75, 3.05) is 14.2 Å². The van der Waals surface area contributed by atoms with Crippen LogP contribution in [0.15, 0.2) is 48.5 Å². The van der Waals surface area contributed by atoms with Crippen LogP contribution in [0.25, 0.3) is 0 Å². The van der Waals surface area contributed by atoms with Crippen molar-refractivity contribution in [2.45, 2.75) is 0 Å². The van der Waals surface area contributed by atoms with Crippen molar-refractivity contribution in [3.8, 4) is 0 Å². The molecule has 19 heavy (non-hydrogen) atoms. The maximum atomic E-state index is 5.90. The van der Waals surface area contributed by atoms with Gasteiger partial charge in [-0.3, -0.25) is 0 Å². The molecule has 0 aliphatic rings. The molecule has 0 heterocycles. The highest BCUT2D eigenvalue weighted by molar-refractivity contribution is 14.1. The molecule has 5 heteroatoms. The summed E-state index contributed by atoms with van der Waals surface area (Å²) in [4.78, 5) is 0. The Labute approximate surface area is 142 Å². The fourth-order valence-electron chi connectivity index (χ4n) is 2.10. The first-order valence-electron chi connectivity index (χ1n) is 5.75. The van der Waals surface area contributed by atoms with Gasteiger partial charge in [0, 0.05) is 26.5 Å². The van der Waals surface area contributed by atoms with Crippen LogP contribution in [0.4, 0.5) is 0 Å². The Morgan fingerprint density at radius 3 is 2.11 bits per heavy atom. The third-order valence-corrected chi connectivity index (χ3v) is 8.50. The third kappa shape index (κ3) is 3.04. The minimum Gasteiger partial charge on any atom is -0.391 e. The Morgan fingerprint density at radius 1 is 0.895 bits per heavy atom. The van der Waals surface area contributed by atoms with Crippen LogP contribution in [0.5, 0.6) is 0 Å². The molecule has 0 spiro atoms. The molecule has 0 amide bonds. The van der Waals surface area contributed by atoms with Gasteiger partial charge in [0.2, 0.25) is 0 Å². The lowest BCUT2D eigenvalue weighted by molar-refractivity contribution is 0.272. The maximum Gasteiger partial charge on any atom is 0.407 e. The van der Waals surface area contributed by atoms with Gasteiger partial charge >= 0.3 is 8.56 Å². The van der Waals surface area contributed by atoms with E-state index in [2.05, 4.69) is 75.5 Å². The van der Waals surface area contributed by atoms with Crippen LogP contribution >= 0.6 is 45.2 Å². The van der Waals surface area contributed by atoms with Gasteiger partial charge in [-0.25, -0.2) is 0 Å². The molecule has 2 rings (SSSR count). The summed E-state index contributed by atoms with van der Waals surface area (Å²) in [7, 11) is 0.886. The van der Waals surface area contributed by atoms with Gasteiger partial charge < -0.3 is 8.85 Å². The van der Waals surface area contributed by atoms with Gasteiger partial charge in [0.25, 0.3) is 0 Å². The Balaban J connectivity index is 2.66. The van der Waals surface area contributed by atoms with Gasteiger partial charge in [0.15, 0.2) is 0 Å². The molecule has 0 N–H and O–H groups in total. The number of benzene rings is 2. The lowest BCUT2D eigenvalue weighted by Crippen LogP contribution is -2.63. The third-order valence-electron chi connectivity index (χ3n) is 3.01. The molecule has 2 aromatic rings. The van der Waals surface area contributed by atoms with Crippen LogP contribution in [0.1, 0.15) is 0 Å². The summed E-state index contributed by atoms with van der Waals surface area (Å²) in [5.74, 6) is 0. The molecule has 0 bridgehead atoms. The average molecular weight is 496 g/mol. The molecule has 0 unspecified atom stereocenters. The Morgan fingerprint density at radius 2 is 1.53 bits per heavy atom. The number of halogens is 2. The lowest BCUT2D eigenvalue weighted by atomic mass is 10.4. The fraction of sp³-hybridized carbons (Fsp3) is 0.143. The van der Waals surface area contributed by atoms with E-state index in [1.165, 1.54) is 7.14 Å². The zero-order valence-electron chi connectivity index (χ0n) is 10.7. The van der Waals surface area contributed by atoms with Gasteiger partial charge in [0.05, 0.1) is 0 Å². The summed E-state index contributed by atoms with van der Waals surface area (Å²) in [5, 5.41) is 2.29. The summed E-state index contributed by atoms with van der Waals surface area (Å²) in [6.07, 6.45) is 0. The van der Waals surface area contributed by atoms with E-state index in [-0.39, 0.29) is 0 Å². The molecule has 0 aliphatic carbocycles. The second kappa shape index (κ2) is 6.66. The molecule has 0 saturated heterocycles. The van der Waals surface area contributed by atoms with Gasteiger partial charge in [-0.1, -0.05) is 30.3 Å². The fourth-order valence-corrected chi connectivity index (χ4v) is 7.05. The highest BCUT2D eigenvalue weighted by atomic mass is 127. The van der Waals surface area contributed by atoms with Crippen LogP contribution in [0, 0.1) is 7.14 Å². The second-order valence-corrected chi connectivity index (χ2v) is 9.59. The maximum absolute atomic E-state index is 5.90. The topological polar surface area (TPSA) is 18.5 Å². The molecule has 0 atom stereocenters. The van der Waals surface area contributed by atoms with Crippen LogP contribution in [-0.4, -0.2) is 22.8 Å². The van der Waals surface area contributed by atoms with Crippen molar-refractivity contribution < 1.29 is 8.85 Å². The van der Waals surface area contributed by atoms with Crippen molar-refractivity contribution in [3.05, 3.63) is 55.7 Å². The molecule has 0 aromatic heterocycles. The molecular weight excluding hydrogens is 482 g/mol. The predicted molar refractivity (Wildman–Crippen MR) is 97.4 cm³/mol. The Hall–Kier alpha value is 0.0369. The summed E-state index contributed by atoms with van der Waals surface area (Å²) in [6, 6.07) is 16.6. The van der Waals surface area contributed by atoms with E-state index in [4.69, 9.17) is 8.85 Å². The molecule has 100 valence electrons. The molecule has 0 aliphatic heterocycles.